The van der Waals surface area contributed by atoms with Crippen LogP contribution >= 0.6 is 0 Å². The maximum Gasteiger partial charge on any atom is 0.258 e. The first-order valence-corrected chi connectivity index (χ1v) is 5.42. The van der Waals surface area contributed by atoms with Crippen LogP contribution in [0.3, 0.4) is 0 Å². The average Bonchev–Trinajstić information content (AvgIpc) is 2.74. The van der Waals surface area contributed by atoms with E-state index in [2.05, 4.69) is 10.1 Å². The molecular weight excluding hydrogens is 242 g/mol. The highest BCUT2D eigenvalue weighted by molar-refractivity contribution is 5.36. The summed E-state index contributed by atoms with van der Waals surface area (Å²) >= 11 is 0. The maximum absolute atomic E-state index is 13.4. The number of hydrogen-bond acceptors (Lipinski definition) is 4. The van der Waals surface area contributed by atoms with Gasteiger partial charge in [-0.15, -0.1) is 0 Å². The zero-order valence-electron chi connectivity index (χ0n) is 9.73. The molecule has 5 nitrogen and oxygen atoms in total. The van der Waals surface area contributed by atoms with Gasteiger partial charge in [0.05, 0.1) is 12.4 Å². The predicted molar refractivity (Wildman–Crippen MR) is 61.2 cm³/mol. The molecule has 0 aromatic carbocycles. The molecule has 96 valence electrons. The molecule has 2 aromatic heterocycles. The molecule has 2 aromatic rings. The lowest BCUT2D eigenvalue weighted by atomic mass is 10.4. The van der Waals surface area contributed by atoms with E-state index in [-0.39, 0.29) is 5.88 Å². The van der Waals surface area contributed by atoms with Crippen LogP contribution in [0.25, 0.3) is 0 Å². The van der Waals surface area contributed by atoms with Gasteiger partial charge in [-0.05, 0) is 6.42 Å². The van der Waals surface area contributed by atoms with Gasteiger partial charge in [0.1, 0.15) is 0 Å². The molecule has 2 rings (SSSR count). The van der Waals surface area contributed by atoms with Crippen molar-refractivity contribution in [3.63, 3.8) is 0 Å². The number of aryl methyl sites for hydroxylation is 1. The van der Waals surface area contributed by atoms with Crippen molar-refractivity contribution in [1.29, 1.82) is 0 Å². The van der Waals surface area contributed by atoms with Crippen molar-refractivity contribution in [2.45, 2.75) is 19.9 Å². The average molecular weight is 254 g/mol. The van der Waals surface area contributed by atoms with Gasteiger partial charge in [-0.1, -0.05) is 6.92 Å². The van der Waals surface area contributed by atoms with Gasteiger partial charge in [0.25, 0.3) is 5.88 Å². The predicted octanol–water partition coefficient (Wildman–Crippen LogP) is 2.34. The fourth-order valence-corrected chi connectivity index (χ4v) is 1.40. The fraction of sp³-hybridized carbons (Fsp3) is 0.273. The van der Waals surface area contributed by atoms with Crippen molar-refractivity contribution in [3.8, 4) is 11.6 Å². The summed E-state index contributed by atoms with van der Waals surface area (Å²) in [5.41, 5.74) is 5.24. The van der Waals surface area contributed by atoms with Crippen molar-refractivity contribution in [2.24, 2.45) is 0 Å². The van der Waals surface area contributed by atoms with E-state index in [4.69, 9.17) is 10.5 Å². The molecule has 0 aliphatic heterocycles. The van der Waals surface area contributed by atoms with Gasteiger partial charge in [0.15, 0.2) is 23.2 Å². The van der Waals surface area contributed by atoms with Gasteiger partial charge in [0.2, 0.25) is 0 Å². The second-order valence-electron chi connectivity index (χ2n) is 3.68. The van der Waals surface area contributed by atoms with Crippen molar-refractivity contribution >= 4 is 5.82 Å². The minimum absolute atomic E-state index is 0.320. The van der Waals surface area contributed by atoms with Crippen LogP contribution < -0.4 is 10.5 Å². The number of nitrogens with zero attached hydrogens (tertiary/aromatic N) is 3. The number of hydrogen-bond donors (Lipinski definition) is 1. The maximum atomic E-state index is 13.4. The van der Waals surface area contributed by atoms with Crippen LogP contribution in [0.1, 0.15) is 13.3 Å². The molecule has 0 radical (unpaired) electrons. The van der Waals surface area contributed by atoms with E-state index in [9.17, 15) is 8.78 Å². The SMILES string of the molecule is CCCn1cc(Oc2nc(N)c(F)cc2F)cn1. The van der Waals surface area contributed by atoms with Crippen molar-refractivity contribution in [1.82, 2.24) is 14.8 Å². The van der Waals surface area contributed by atoms with Crippen molar-refractivity contribution < 1.29 is 13.5 Å². The lowest BCUT2D eigenvalue weighted by Crippen LogP contribution is -2.00. The minimum atomic E-state index is -0.915. The molecule has 2 N–H and O–H groups in total. The lowest BCUT2D eigenvalue weighted by Gasteiger charge is -2.04. The van der Waals surface area contributed by atoms with E-state index in [1.807, 2.05) is 6.92 Å². The number of nitrogen functional groups attached to an aromatic ring is 1. The van der Waals surface area contributed by atoms with Crippen LogP contribution in [0, 0.1) is 11.6 Å². The van der Waals surface area contributed by atoms with Crippen LogP contribution in [0.5, 0.6) is 11.6 Å². The van der Waals surface area contributed by atoms with Gasteiger partial charge in [-0.3, -0.25) is 4.68 Å². The number of aromatic nitrogens is 3. The van der Waals surface area contributed by atoms with Crippen LogP contribution in [0.15, 0.2) is 18.5 Å². The molecule has 0 saturated carbocycles. The minimum Gasteiger partial charge on any atom is -0.433 e. The van der Waals surface area contributed by atoms with E-state index >= 15 is 0 Å². The molecule has 0 fully saturated rings. The normalized spacial score (nSPS) is 10.6. The van der Waals surface area contributed by atoms with Gasteiger partial charge in [-0.25, -0.2) is 8.78 Å². The summed E-state index contributed by atoms with van der Waals surface area (Å²) in [4.78, 5) is 3.49. The Morgan fingerprint density at radius 1 is 1.39 bits per heavy atom. The van der Waals surface area contributed by atoms with E-state index in [1.165, 1.54) is 6.20 Å². The molecule has 0 aliphatic rings. The van der Waals surface area contributed by atoms with Crippen molar-refractivity contribution in [2.75, 3.05) is 5.73 Å². The Labute approximate surface area is 102 Å². The molecular formula is C11H12F2N4O. The number of nitrogens with two attached hydrogens (primary N) is 1. The number of halogens is 2. The second kappa shape index (κ2) is 4.99. The summed E-state index contributed by atoms with van der Waals surface area (Å²) < 4.78 is 33.1. The molecule has 0 unspecified atom stereocenters. The summed E-state index contributed by atoms with van der Waals surface area (Å²) in [5.74, 6) is -2.29. The summed E-state index contributed by atoms with van der Waals surface area (Å²) in [5, 5.41) is 4.01. The monoisotopic (exact) mass is 254 g/mol. The third-order valence-electron chi connectivity index (χ3n) is 2.20. The zero-order chi connectivity index (χ0) is 13.1. The van der Waals surface area contributed by atoms with Gasteiger partial charge < -0.3 is 10.5 Å². The molecule has 0 aliphatic carbocycles. The number of ether oxygens (including phenoxy) is 1. The molecule has 0 amide bonds. The fourth-order valence-electron chi connectivity index (χ4n) is 1.40. The first-order chi connectivity index (χ1) is 8.60. The summed E-state index contributed by atoms with van der Waals surface area (Å²) in [6.07, 6.45) is 3.94. The molecule has 2 heterocycles. The molecule has 18 heavy (non-hydrogen) atoms. The lowest BCUT2D eigenvalue weighted by molar-refractivity contribution is 0.417. The highest BCUT2D eigenvalue weighted by Crippen LogP contribution is 2.24. The Morgan fingerprint density at radius 2 is 2.17 bits per heavy atom. The zero-order valence-corrected chi connectivity index (χ0v) is 9.73. The van der Waals surface area contributed by atoms with E-state index in [0.29, 0.717) is 11.8 Å². The topological polar surface area (TPSA) is 66.0 Å². The van der Waals surface area contributed by atoms with Gasteiger partial charge in [-0.2, -0.15) is 10.1 Å². The van der Waals surface area contributed by atoms with Crippen LogP contribution in [-0.4, -0.2) is 14.8 Å². The Morgan fingerprint density at radius 3 is 2.89 bits per heavy atom. The second-order valence-corrected chi connectivity index (χ2v) is 3.68. The van der Waals surface area contributed by atoms with Crippen LogP contribution in [0.4, 0.5) is 14.6 Å². The van der Waals surface area contributed by atoms with E-state index in [1.54, 1.807) is 10.9 Å². The third kappa shape index (κ3) is 2.55. The molecule has 0 atom stereocenters. The summed E-state index contributed by atoms with van der Waals surface area (Å²) in [6, 6.07) is 0.633. The highest BCUT2D eigenvalue weighted by atomic mass is 19.1. The number of anilines is 1. The third-order valence-corrected chi connectivity index (χ3v) is 2.20. The largest absolute Gasteiger partial charge is 0.433 e. The molecule has 7 heteroatoms. The Kier molecular flexibility index (Phi) is 3.40. The smallest absolute Gasteiger partial charge is 0.258 e. The molecule has 0 saturated heterocycles. The first kappa shape index (κ1) is 12.3. The quantitative estimate of drug-likeness (QED) is 0.909. The Bertz CT molecular complexity index is 556. The van der Waals surface area contributed by atoms with E-state index in [0.717, 1.165) is 13.0 Å². The summed E-state index contributed by atoms with van der Waals surface area (Å²) in [7, 11) is 0. The Balaban J connectivity index is 2.20. The summed E-state index contributed by atoms with van der Waals surface area (Å²) in [6.45, 7) is 2.73. The van der Waals surface area contributed by atoms with E-state index < -0.39 is 17.5 Å². The van der Waals surface area contributed by atoms with Crippen molar-refractivity contribution in [3.05, 3.63) is 30.1 Å². The van der Waals surface area contributed by atoms with Gasteiger partial charge >= 0.3 is 0 Å². The Hall–Kier alpha value is -2.18. The molecule has 0 spiro atoms. The van der Waals surface area contributed by atoms with Gasteiger partial charge in [0, 0.05) is 12.6 Å². The number of rotatable bonds is 4. The molecule has 0 bridgehead atoms. The number of pyridine rings is 1. The standard InChI is InChI=1S/C11H12F2N4O/c1-2-3-17-6-7(5-15-17)18-11-9(13)4-8(12)10(14)16-11/h4-6H,2-3H2,1H3,(H2,14,16). The first-order valence-electron chi connectivity index (χ1n) is 5.42. The van der Waals surface area contributed by atoms with Crippen LogP contribution in [0.2, 0.25) is 0 Å². The van der Waals surface area contributed by atoms with Crippen LogP contribution in [-0.2, 0) is 6.54 Å². The highest BCUT2D eigenvalue weighted by Gasteiger charge is 2.12.